The van der Waals surface area contributed by atoms with Crippen LogP contribution in [0.4, 0.5) is 5.69 Å². The number of rotatable bonds is 9. The van der Waals surface area contributed by atoms with Crippen molar-refractivity contribution in [1.29, 1.82) is 0 Å². The molecule has 0 saturated carbocycles. The number of carbonyl (C=O) groups excluding carboxylic acids is 2. The smallest absolute Gasteiger partial charge is 0.306 e. The molecule has 0 bridgehead atoms. The molecule has 0 atom stereocenters. The van der Waals surface area contributed by atoms with E-state index in [9.17, 15) is 19.2 Å². The first-order chi connectivity index (χ1) is 12.5. The van der Waals surface area contributed by atoms with Crippen LogP contribution in [0.3, 0.4) is 0 Å². The molecule has 140 valence electrons. The average molecular weight is 362 g/mol. The molecule has 26 heavy (non-hydrogen) atoms. The second-order valence-corrected chi connectivity index (χ2v) is 5.73. The highest BCUT2D eigenvalue weighted by molar-refractivity contribution is 5.84. The maximum absolute atomic E-state index is 11.8. The van der Waals surface area contributed by atoms with Crippen molar-refractivity contribution in [3.05, 3.63) is 38.9 Å². The van der Waals surface area contributed by atoms with Crippen LogP contribution in [0.5, 0.6) is 0 Å². The summed E-state index contributed by atoms with van der Waals surface area (Å²) in [6.45, 7) is 1.18. The zero-order valence-corrected chi connectivity index (χ0v) is 14.5. The summed E-state index contributed by atoms with van der Waals surface area (Å²) in [5.41, 5.74) is 0.0581. The van der Waals surface area contributed by atoms with E-state index in [2.05, 4.69) is 25.6 Å². The van der Waals surface area contributed by atoms with E-state index in [-0.39, 0.29) is 29.9 Å². The highest BCUT2D eigenvalue weighted by Gasteiger charge is 2.06. The Morgan fingerprint density at radius 2 is 1.69 bits per heavy atom. The number of amides is 1. The van der Waals surface area contributed by atoms with E-state index >= 15 is 0 Å². The second kappa shape index (κ2) is 9.40. The largest absolute Gasteiger partial charge is 0.469 e. The van der Waals surface area contributed by atoms with Crippen LogP contribution in [0.15, 0.2) is 27.8 Å². The quantitative estimate of drug-likeness (QED) is 0.379. The van der Waals surface area contributed by atoms with Crippen LogP contribution < -0.4 is 21.8 Å². The van der Waals surface area contributed by atoms with E-state index in [4.69, 9.17) is 0 Å². The van der Waals surface area contributed by atoms with Gasteiger partial charge in [0.15, 0.2) is 0 Å². The van der Waals surface area contributed by atoms with Crippen LogP contribution in [0, 0.1) is 0 Å². The molecule has 0 saturated heterocycles. The first kappa shape index (κ1) is 19.2. The molecule has 1 aromatic carbocycles. The summed E-state index contributed by atoms with van der Waals surface area (Å²) < 4.78 is 4.47. The van der Waals surface area contributed by atoms with Gasteiger partial charge in [0.2, 0.25) is 5.91 Å². The van der Waals surface area contributed by atoms with Crippen LogP contribution in [0.25, 0.3) is 10.8 Å². The minimum absolute atomic E-state index is 0.0772. The Bertz CT molecular complexity index is 887. The van der Waals surface area contributed by atoms with Crippen LogP contribution in [0.1, 0.15) is 25.7 Å². The van der Waals surface area contributed by atoms with Crippen molar-refractivity contribution in [2.45, 2.75) is 25.7 Å². The number of benzene rings is 1. The number of methoxy groups -OCH3 is 1. The SMILES string of the molecule is COC(=O)CCC(=O)NCCCCNc1ccc2c(=O)[nH][nH]c(=O)c2c1. The summed E-state index contributed by atoms with van der Waals surface area (Å²) >= 11 is 0. The number of unbranched alkanes of at least 4 members (excludes halogenated alkanes) is 1. The second-order valence-electron chi connectivity index (χ2n) is 5.73. The highest BCUT2D eigenvalue weighted by atomic mass is 16.5. The van der Waals surface area contributed by atoms with Gasteiger partial charge in [0, 0.05) is 25.2 Å². The van der Waals surface area contributed by atoms with Gasteiger partial charge in [-0.05, 0) is 31.0 Å². The van der Waals surface area contributed by atoms with Crippen molar-refractivity contribution in [3.63, 3.8) is 0 Å². The van der Waals surface area contributed by atoms with E-state index in [1.807, 2.05) is 0 Å². The van der Waals surface area contributed by atoms with E-state index in [1.165, 1.54) is 7.11 Å². The average Bonchev–Trinajstić information content (AvgIpc) is 2.65. The minimum Gasteiger partial charge on any atom is -0.469 e. The number of esters is 1. The lowest BCUT2D eigenvalue weighted by molar-refractivity contribution is -0.142. The fourth-order valence-corrected chi connectivity index (χ4v) is 2.40. The van der Waals surface area contributed by atoms with Gasteiger partial charge in [-0.3, -0.25) is 29.4 Å². The number of H-pyrrole nitrogens is 2. The molecule has 0 fully saturated rings. The van der Waals surface area contributed by atoms with Gasteiger partial charge in [-0.2, -0.15) is 0 Å². The molecule has 1 aromatic heterocycles. The molecule has 0 aliphatic carbocycles. The fraction of sp³-hybridized carbons (Fsp3) is 0.412. The third-order valence-electron chi connectivity index (χ3n) is 3.84. The number of anilines is 1. The Balaban J connectivity index is 1.70. The first-order valence-electron chi connectivity index (χ1n) is 8.33. The van der Waals surface area contributed by atoms with E-state index in [1.54, 1.807) is 18.2 Å². The summed E-state index contributed by atoms with van der Waals surface area (Å²) in [5, 5.41) is 11.2. The Hall–Kier alpha value is -3.10. The number of hydrogen-bond acceptors (Lipinski definition) is 6. The van der Waals surface area contributed by atoms with Gasteiger partial charge in [-0.25, -0.2) is 0 Å². The van der Waals surface area contributed by atoms with Crippen LogP contribution in [-0.2, 0) is 14.3 Å². The van der Waals surface area contributed by atoms with Crippen LogP contribution in [0.2, 0.25) is 0 Å². The summed E-state index contributed by atoms with van der Waals surface area (Å²) in [6.07, 6.45) is 1.77. The number of carbonyl (C=O) groups is 2. The summed E-state index contributed by atoms with van der Waals surface area (Å²) in [7, 11) is 1.29. The number of hydrogen-bond donors (Lipinski definition) is 4. The lowest BCUT2D eigenvalue weighted by Crippen LogP contribution is -2.25. The Morgan fingerprint density at radius 3 is 2.42 bits per heavy atom. The number of nitrogens with one attached hydrogen (secondary N) is 4. The van der Waals surface area contributed by atoms with Crippen molar-refractivity contribution in [2.24, 2.45) is 0 Å². The molecule has 0 aliphatic rings. The molecule has 0 spiro atoms. The molecule has 9 heteroatoms. The lowest BCUT2D eigenvalue weighted by Gasteiger charge is -2.08. The van der Waals surface area contributed by atoms with E-state index in [0.29, 0.717) is 23.9 Å². The number of aromatic nitrogens is 2. The van der Waals surface area contributed by atoms with Crippen LogP contribution in [-0.4, -0.2) is 42.3 Å². The molecule has 0 radical (unpaired) electrons. The van der Waals surface area contributed by atoms with Crippen molar-refractivity contribution in [2.75, 3.05) is 25.5 Å². The molecule has 9 nitrogen and oxygen atoms in total. The van der Waals surface area contributed by atoms with Crippen molar-refractivity contribution in [3.8, 4) is 0 Å². The third-order valence-corrected chi connectivity index (χ3v) is 3.84. The molecule has 1 heterocycles. The van der Waals surface area contributed by atoms with Gasteiger partial charge in [0.25, 0.3) is 11.1 Å². The molecular formula is C17H22N4O5. The first-order valence-corrected chi connectivity index (χ1v) is 8.33. The monoisotopic (exact) mass is 362 g/mol. The Kier molecular flexibility index (Phi) is 6.95. The highest BCUT2D eigenvalue weighted by Crippen LogP contribution is 2.13. The van der Waals surface area contributed by atoms with Gasteiger partial charge in [0.1, 0.15) is 0 Å². The fourth-order valence-electron chi connectivity index (χ4n) is 2.40. The van der Waals surface area contributed by atoms with Crippen LogP contribution >= 0.6 is 0 Å². The zero-order valence-electron chi connectivity index (χ0n) is 14.5. The van der Waals surface area contributed by atoms with Gasteiger partial charge < -0.3 is 15.4 Å². The maximum Gasteiger partial charge on any atom is 0.306 e. The number of fused-ring (bicyclic) bond motifs is 1. The van der Waals surface area contributed by atoms with Crippen molar-refractivity contribution < 1.29 is 14.3 Å². The summed E-state index contributed by atoms with van der Waals surface area (Å²) in [5.74, 6) is -0.581. The normalized spacial score (nSPS) is 10.5. The number of ether oxygens (including phenoxy) is 1. The molecule has 2 rings (SSSR count). The molecule has 1 amide bonds. The van der Waals surface area contributed by atoms with E-state index < -0.39 is 5.97 Å². The molecule has 4 N–H and O–H groups in total. The predicted octanol–water partition coefficient (Wildman–Crippen LogP) is 0.478. The Labute approximate surface area is 149 Å². The van der Waals surface area contributed by atoms with E-state index in [0.717, 1.165) is 18.5 Å². The van der Waals surface area contributed by atoms with Crippen molar-refractivity contribution >= 4 is 28.3 Å². The molecule has 0 unspecified atom stereocenters. The van der Waals surface area contributed by atoms with Crippen molar-refractivity contribution in [1.82, 2.24) is 15.5 Å². The van der Waals surface area contributed by atoms with Gasteiger partial charge in [-0.1, -0.05) is 0 Å². The maximum atomic E-state index is 11.8. The minimum atomic E-state index is -0.402. The molecular weight excluding hydrogens is 340 g/mol. The standard InChI is InChI=1S/C17H22N4O5/c1-26-15(23)7-6-14(22)19-9-3-2-8-18-11-4-5-12-13(10-11)17(25)21-20-16(12)24/h4-5,10,18H,2-3,6-9H2,1H3,(H,19,22)(H,20,24)(H,21,25). The summed E-state index contributed by atoms with van der Waals surface area (Å²) in [4.78, 5) is 45.8. The third kappa shape index (κ3) is 5.47. The summed E-state index contributed by atoms with van der Waals surface area (Å²) in [6, 6.07) is 4.98. The molecule has 2 aromatic rings. The number of aromatic amines is 2. The molecule has 0 aliphatic heterocycles. The Morgan fingerprint density at radius 1 is 1.00 bits per heavy atom. The van der Waals surface area contributed by atoms with Gasteiger partial charge >= 0.3 is 5.97 Å². The zero-order chi connectivity index (χ0) is 18.9. The predicted molar refractivity (Wildman–Crippen MR) is 97.2 cm³/mol. The van der Waals surface area contributed by atoms with Gasteiger partial charge in [-0.15, -0.1) is 0 Å². The topological polar surface area (TPSA) is 133 Å². The lowest BCUT2D eigenvalue weighted by atomic mass is 10.1. The van der Waals surface area contributed by atoms with Gasteiger partial charge in [0.05, 0.1) is 24.3 Å².